The Morgan fingerprint density at radius 1 is 1.43 bits per heavy atom. The van der Waals surface area contributed by atoms with Gasteiger partial charge in [-0.05, 0) is 50.5 Å². The smallest absolute Gasteiger partial charge is 0.126 e. The van der Waals surface area contributed by atoms with Crippen LogP contribution in [0.1, 0.15) is 25.0 Å². The van der Waals surface area contributed by atoms with E-state index in [1.165, 1.54) is 6.07 Å². The van der Waals surface area contributed by atoms with E-state index >= 15 is 0 Å². The first kappa shape index (κ1) is 11.7. The molecule has 0 unspecified atom stereocenters. The molecule has 0 bridgehead atoms. The van der Waals surface area contributed by atoms with E-state index in [1.54, 1.807) is 6.07 Å². The summed E-state index contributed by atoms with van der Waals surface area (Å²) in [7, 11) is 0. The Labute approximate surface area is 92.6 Å². The molecule has 1 aromatic carbocycles. The molecule has 14 heavy (non-hydrogen) atoms. The zero-order chi connectivity index (χ0) is 10.9. The highest BCUT2D eigenvalue weighted by Crippen LogP contribution is 2.22. The van der Waals surface area contributed by atoms with Gasteiger partial charge in [-0.1, -0.05) is 15.9 Å². The average Bonchev–Trinajstić information content (AvgIpc) is 1.97. The molecule has 1 nitrogen and oxygen atoms in total. The van der Waals surface area contributed by atoms with E-state index in [9.17, 15) is 4.39 Å². The maximum Gasteiger partial charge on any atom is 0.126 e. The highest BCUT2D eigenvalue weighted by molar-refractivity contribution is 9.10. The van der Waals surface area contributed by atoms with Gasteiger partial charge in [-0.2, -0.15) is 0 Å². The van der Waals surface area contributed by atoms with E-state index in [1.807, 2.05) is 20.8 Å². The van der Waals surface area contributed by atoms with Gasteiger partial charge >= 0.3 is 0 Å². The van der Waals surface area contributed by atoms with Crippen molar-refractivity contribution < 1.29 is 4.39 Å². The van der Waals surface area contributed by atoms with Gasteiger partial charge in [-0.15, -0.1) is 0 Å². The van der Waals surface area contributed by atoms with Crippen molar-refractivity contribution >= 4 is 15.9 Å². The molecule has 3 heteroatoms. The molecule has 2 N–H and O–H groups in total. The minimum absolute atomic E-state index is 0.177. The van der Waals surface area contributed by atoms with E-state index in [2.05, 4.69) is 15.9 Å². The van der Waals surface area contributed by atoms with E-state index in [0.29, 0.717) is 12.0 Å². The molecule has 0 heterocycles. The maximum atomic E-state index is 13.5. The highest BCUT2D eigenvalue weighted by atomic mass is 79.9. The third kappa shape index (κ3) is 3.07. The van der Waals surface area contributed by atoms with E-state index in [-0.39, 0.29) is 11.4 Å². The second-order valence-corrected chi connectivity index (χ2v) is 5.21. The summed E-state index contributed by atoms with van der Waals surface area (Å²) < 4.78 is 14.4. The minimum Gasteiger partial charge on any atom is -0.325 e. The third-order valence-corrected chi connectivity index (χ3v) is 2.83. The Bertz CT molecular complexity index is 342. The fourth-order valence-corrected chi connectivity index (χ4v) is 1.70. The Hall–Kier alpha value is -0.410. The molecule has 0 radical (unpaired) electrons. The fraction of sp³-hybridized carbons (Fsp3) is 0.455. The normalized spacial score (nSPS) is 11.9. The average molecular weight is 260 g/mol. The van der Waals surface area contributed by atoms with Crippen molar-refractivity contribution in [2.45, 2.75) is 32.7 Å². The number of rotatable bonds is 2. The number of aryl methyl sites for hydroxylation is 1. The van der Waals surface area contributed by atoms with Gasteiger partial charge in [0.15, 0.2) is 0 Å². The van der Waals surface area contributed by atoms with Crippen LogP contribution in [0.5, 0.6) is 0 Å². The van der Waals surface area contributed by atoms with Gasteiger partial charge in [0.05, 0.1) is 0 Å². The van der Waals surface area contributed by atoms with Crippen molar-refractivity contribution in [2.75, 3.05) is 0 Å². The summed E-state index contributed by atoms with van der Waals surface area (Å²) in [4.78, 5) is 0. The summed E-state index contributed by atoms with van der Waals surface area (Å²) in [5.74, 6) is -0.177. The monoisotopic (exact) mass is 259 g/mol. The first-order valence-corrected chi connectivity index (χ1v) is 5.32. The van der Waals surface area contributed by atoms with Crippen LogP contribution in [-0.4, -0.2) is 5.54 Å². The van der Waals surface area contributed by atoms with Crippen molar-refractivity contribution in [3.8, 4) is 0 Å². The number of halogens is 2. The lowest BCUT2D eigenvalue weighted by Gasteiger charge is -2.19. The first-order valence-electron chi connectivity index (χ1n) is 4.53. The maximum absolute atomic E-state index is 13.5. The summed E-state index contributed by atoms with van der Waals surface area (Å²) in [6, 6.07) is 3.34. The fourth-order valence-electron chi connectivity index (χ4n) is 1.31. The van der Waals surface area contributed by atoms with Crippen molar-refractivity contribution in [1.82, 2.24) is 0 Å². The molecule has 0 amide bonds. The predicted octanol–water partition coefficient (Wildman–Crippen LogP) is 3.18. The molecule has 0 aliphatic heterocycles. The molecule has 0 saturated heterocycles. The zero-order valence-electron chi connectivity index (χ0n) is 8.70. The highest BCUT2D eigenvalue weighted by Gasteiger charge is 2.15. The Morgan fingerprint density at radius 2 is 2.00 bits per heavy atom. The number of hydrogen-bond donors (Lipinski definition) is 1. The zero-order valence-corrected chi connectivity index (χ0v) is 10.3. The Balaban J connectivity index is 3.04. The molecule has 1 rings (SSSR count). The van der Waals surface area contributed by atoms with Crippen molar-refractivity contribution in [3.05, 3.63) is 33.5 Å². The number of hydrogen-bond acceptors (Lipinski definition) is 1. The molecular formula is C11H15BrFN. The van der Waals surface area contributed by atoms with Crippen LogP contribution in [0.3, 0.4) is 0 Å². The summed E-state index contributed by atoms with van der Waals surface area (Å²) in [6.45, 7) is 5.64. The molecule has 1 aromatic rings. The van der Waals surface area contributed by atoms with Crippen LogP contribution in [0.25, 0.3) is 0 Å². The van der Waals surface area contributed by atoms with Crippen LogP contribution in [0, 0.1) is 12.7 Å². The molecule has 78 valence electrons. The van der Waals surface area contributed by atoms with Crippen LogP contribution in [0.15, 0.2) is 16.6 Å². The number of benzene rings is 1. The van der Waals surface area contributed by atoms with Gasteiger partial charge in [0.25, 0.3) is 0 Å². The SMILES string of the molecule is Cc1cc(F)c(CC(C)(C)N)cc1Br. The minimum atomic E-state index is -0.379. The molecule has 0 saturated carbocycles. The van der Waals surface area contributed by atoms with Crippen molar-refractivity contribution in [2.24, 2.45) is 5.73 Å². The van der Waals surface area contributed by atoms with Gasteiger partial charge in [-0.3, -0.25) is 0 Å². The summed E-state index contributed by atoms with van der Waals surface area (Å²) in [5.41, 5.74) is 7.03. The molecule has 0 atom stereocenters. The second kappa shape index (κ2) is 3.99. The van der Waals surface area contributed by atoms with Crippen LogP contribution in [0.4, 0.5) is 4.39 Å². The van der Waals surface area contributed by atoms with Gasteiger partial charge in [0.2, 0.25) is 0 Å². The lowest BCUT2D eigenvalue weighted by Crippen LogP contribution is -2.34. The lowest BCUT2D eigenvalue weighted by atomic mass is 9.95. The summed E-state index contributed by atoms with van der Waals surface area (Å²) in [5, 5.41) is 0. The van der Waals surface area contributed by atoms with Gasteiger partial charge in [0.1, 0.15) is 5.82 Å². The van der Waals surface area contributed by atoms with E-state index < -0.39 is 0 Å². The standard InChI is InChI=1S/C11H15BrFN/c1-7-4-10(13)8(5-9(7)12)6-11(2,3)14/h4-5H,6,14H2,1-3H3. The van der Waals surface area contributed by atoms with Gasteiger partial charge in [-0.25, -0.2) is 4.39 Å². The van der Waals surface area contributed by atoms with E-state index in [0.717, 1.165) is 10.0 Å². The molecule has 0 aliphatic rings. The van der Waals surface area contributed by atoms with Crippen molar-refractivity contribution in [1.29, 1.82) is 0 Å². The summed E-state index contributed by atoms with van der Waals surface area (Å²) >= 11 is 3.38. The topological polar surface area (TPSA) is 26.0 Å². The quantitative estimate of drug-likeness (QED) is 0.868. The third-order valence-electron chi connectivity index (χ3n) is 1.97. The molecular weight excluding hydrogens is 245 g/mol. The first-order chi connectivity index (χ1) is 6.29. The van der Waals surface area contributed by atoms with Gasteiger partial charge < -0.3 is 5.73 Å². The number of nitrogens with two attached hydrogens (primary N) is 1. The van der Waals surface area contributed by atoms with Crippen LogP contribution in [0.2, 0.25) is 0 Å². The van der Waals surface area contributed by atoms with Crippen molar-refractivity contribution in [3.63, 3.8) is 0 Å². The van der Waals surface area contributed by atoms with Gasteiger partial charge in [0, 0.05) is 10.0 Å². The lowest BCUT2D eigenvalue weighted by molar-refractivity contribution is 0.496. The largest absolute Gasteiger partial charge is 0.325 e. The molecule has 0 fully saturated rings. The van der Waals surface area contributed by atoms with Crippen LogP contribution < -0.4 is 5.73 Å². The summed E-state index contributed by atoms with van der Waals surface area (Å²) in [6.07, 6.45) is 0.539. The van der Waals surface area contributed by atoms with Crippen LogP contribution in [-0.2, 0) is 6.42 Å². The molecule has 0 aliphatic carbocycles. The molecule has 0 aromatic heterocycles. The second-order valence-electron chi connectivity index (χ2n) is 4.36. The van der Waals surface area contributed by atoms with Crippen LogP contribution >= 0.6 is 15.9 Å². The predicted molar refractivity (Wildman–Crippen MR) is 60.8 cm³/mol. The molecule has 0 spiro atoms. The Morgan fingerprint density at radius 3 is 2.50 bits per heavy atom. The van der Waals surface area contributed by atoms with E-state index in [4.69, 9.17) is 5.73 Å². The Kier molecular flexibility index (Phi) is 3.32.